The van der Waals surface area contributed by atoms with E-state index in [2.05, 4.69) is 15.5 Å². The van der Waals surface area contributed by atoms with Gasteiger partial charge in [-0.25, -0.2) is 4.79 Å². The van der Waals surface area contributed by atoms with Crippen molar-refractivity contribution in [2.24, 2.45) is 0 Å². The normalized spacial score (nSPS) is 10.4. The maximum atomic E-state index is 12.2. The molecular formula is C17H15ClN4O2. The summed E-state index contributed by atoms with van der Waals surface area (Å²) in [5, 5.41) is 7.31. The highest BCUT2D eigenvalue weighted by atomic mass is 35.5. The first-order chi connectivity index (χ1) is 11.6. The highest BCUT2D eigenvalue weighted by Crippen LogP contribution is 2.16. The molecule has 0 bridgehead atoms. The Hall–Kier alpha value is -2.86. The molecular weight excluding hydrogens is 328 g/mol. The molecule has 1 N–H and O–H groups in total. The van der Waals surface area contributed by atoms with Gasteiger partial charge in [0, 0.05) is 23.3 Å². The number of anilines is 1. The van der Waals surface area contributed by atoms with E-state index in [1.54, 1.807) is 31.3 Å². The standard InChI is InChI=1S/C17H15ClN4O2/c1-22(17(23)19-14-9-7-13(18)8-10-14)11-15-20-16(21-24-15)12-5-3-2-4-6-12/h2-10H,11H2,1H3,(H,19,23). The Balaban J connectivity index is 1.62. The second-order valence-corrected chi connectivity index (χ2v) is 5.61. The predicted octanol–water partition coefficient (Wildman–Crippen LogP) is 4.05. The first kappa shape index (κ1) is 16.0. The molecule has 7 heteroatoms. The second kappa shape index (κ2) is 7.14. The summed E-state index contributed by atoms with van der Waals surface area (Å²) >= 11 is 5.82. The smallest absolute Gasteiger partial charge is 0.322 e. The number of halogens is 1. The number of nitrogens with zero attached hydrogens (tertiary/aromatic N) is 3. The van der Waals surface area contributed by atoms with Gasteiger partial charge in [-0.1, -0.05) is 47.1 Å². The Kier molecular flexibility index (Phi) is 4.77. The summed E-state index contributed by atoms with van der Waals surface area (Å²) in [5.74, 6) is 0.861. The number of hydrogen-bond donors (Lipinski definition) is 1. The molecule has 3 rings (SSSR count). The minimum absolute atomic E-state index is 0.208. The van der Waals surface area contributed by atoms with Crippen LogP contribution in [0.5, 0.6) is 0 Å². The largest absolute Gasteiger partial charge is 0.337 e. The van der Waals surface area contributed by atoms with Crippen molar-refractivity contribution in [2.45, 2.75) is 6.54 Å². The summed E-state index contributed by atoms with van der Waals surface area (Å²) in [4.78, 5) is 17.9. The van der Waals surface area contributed by atoms with Gasteiger partial charge in [-0.15, -0.1) is 0 Å². The third kappa shape index (κ3) is 3.91. The lowest BCUT2D eigenvalue weighted by atomic mass is 10.2. The molecule has 122 valence electrons. The average Bonchev–Trinajstić information content (AvgIpc) is 3.06. The Bertz CT molecular complexity index is 818. The number of carbonyl (C=O) groups excluding carboxylic acids is 1. The molecule has 0 fully saturated rings. The summed E-state index contributed by atoms with van der Waals surface area (Å²) in [6.45, 7) is 0.208. The zero-order chi connectivity index (χ0) is 16.9. The third-order valence-corrected chi connectivity index (χ3v) is 3.57. The van der Waals surface area contributed by atoms with Gasteiger partial charge in [0.1, 0.15) is 6.54 Å². The molecule has 0 aliphatic carbocycles. The average molecular weight is 343 g/mol. The predicted molar refractivity (Wildman–Crippen MR) is 91.7 cm³/mol. The molecule has 3 aromatic rings. The number of nitrogens with one attached hydrogen (secondary N) is 1. The highest BCUT2D eigenvalue weighted by molar-refractivity contribution is 6.30. The lowest BCUT2D eigenvalue weighted by Gasteiger charge is -2.15. The van der Waals surface area contributed by atoms with Crippen molar-refractivity contribution in [3.05, 3.63) is 65.5 Å². The van der Waals surface area contributed by atoms with E-state index in [0.29, 0.717) is 22.4 Å². The fourth-order valence-corrected chi connectivity index (χ4v) is 2.18. The Morgan fingerprint density at radius 2 is 1.88 bits per heavy atom. The highest BCUT2D eigenvalue weighted by Gasteiger charge is 2.14. The first-order valence-electron chi connectivity index (χ1n) is 7.27. The number of hydrogen-bond acceptors (Lipinski definition) is 4. The fourth-order valence-electron chi connectivity index (χ4n) is 2.05. The molecule has 24 heavy (non-hydrogen) atoms. The maximum absolute atomic E-state index is 12.2. The van der Waals surface area contributed by atoms with Crippen molar-refractivity contribution < 1.29 is 9.32 Å². The van der Waals surface area contributed by atoms with Crippen molar-refractivity contribution >= 4 is 23.3 Å². The van der Waals surface area contributed by atoms with Crippen LogP contribution >= 0.6 is 11.6 Å². The molecule has 0 radical (unpaired) electrons. The van der Waals surface area contributed by atoms with Crippen molar-refractivity contribution in [1.29, 1.82) is 0 Å². The number of aromatic nitrogens is 2. The molecule has 0 aliphatic heterocycles. The minimum Gasteiger partial charge on any atom is -0.337 e. The van der Waals surface area contributed by atoms with Crippen molar-refractivity contribution in [3.63, 3.8) is 0 Å². The summed E-state index contributed by atoms with van der Waals surface area (Å²) < 4.78 is 5.21. The van der Waals surface area contributed by atoms with Gasteiger partial charge in [-0.3, -0.25) is 0 Å². The number of urea groups is 1. The molecule has 0 atom stereocenters. The van der Waals surface area contributed by atoms with Gasteiger partial charge in [-0.05, 0) is 24.3 Å². The topological polar surface area (TPSA) is 71.3 Å². The van der Waals surface area contributed by atoms with Gasteiger partial charge in [0.05, 0.1) is 0 Å². The second-order valence-electron chi connectivity index (χ2n) is 5.17. The van der Waals surface area contributed by atoms with E-state index < -0.39 is 0 Å². The molecule has 2 amide bonds. The Morgan fingerprint density at radius 3 is 2.58 bits per heavy atom. The van der Waals surface area contributed by atoms with E-state index in [1.807, 2.05) is 30.3 Å². The summed E-state index contributed by atoms with van der Waals surface area (Å²) in [7, 11) is 1.65. The van der Waals surface area contributed by atoms with Crippen LogP contribution in [0.3, 0.4) is 0 Å². The quantitative estimate of drug-likeness (QED) is 0.776. The number of rotatable bonds is 4. The van der Waals surface area contributed by atoms with Crippen LogP contribution in [0.1, 0.15) is 5.89 Å². The van der Waals surface area contributed by atoms with Crippen LogP contribution in [0.25, 0.3) is 11.4 Å². The van der Waals surface area contributed by atoms with Crippen molar-refractivity contribution in [1.82, 2.24) is 15.0 Å². The van der Waals surface area contributed by atoms with Gasteiger partial charge < -0.3 is 14.7 Å². The Labute approximate surface area is 144 Å². The van der Waals surface area contributed by atoms with E-state index in [0.717, 1.165) is 5.56 Å². The molecule has 0 saturated heterocycles. The van der Waals surface area contributed by atoms with Gasteiger partial charge >= 0.3 is 6.03 Å². The number of carbonyl (C=O) groups is 1. The lowest BCUT2D eigenvalue weighted by Crippen LogP contribution is -2.30. The third-order valence-electron chi connectivity index (χ3n) is 3.31. The number of benzene rings is 2. The van der Waals surface area contributed by atoms with Gasteiger partial charge in [-0.2, -0.15) is 4.98 Å². The van der Waals surface area contributed by atoms with Gasteiger partial charge in [0.15, 0.2) is 0 Å². The number of amides is 2. The summed E-state index contributed by atoms with van der Waals surface area (Å²) in [5.41, 5.74) is 1.52. The maximum Gasteiger partial charge on any atom is 0.322 e. The zero-order valence-corrected chi connectivity index (χ0v) is 13.7. The van der Waals surface area contributed by atoms with Crippen molar-refractivity contribution in [3.8, 4) is 11.4 Å². The molecule has 2 aromatic carbocycles. The molecule has 0 unspecified atom stereocenters. The molecule has 6 nitrogen and oxygen atoms in total. The minimum atomic E-state index is -0.281. The molecule has 0 aliphatic rings. The van der Waals surface area contributed by atoms with Crippen LogP contribution in [0.4, 0.5) is 10.5 Å². The van der Waals surface area contributed by atoms with Crippen LogP contribution in [-0.4, -0.2) is 28.1 Å². The molecule has 0 saturated carbocycles. The van der Waals surface area contributed by atoms with Gasteiger partial charge in [0.2, 0.25) is 11.7 Å². The van der Waals surface area contributed by atoms with E-state index in [1.165, 1.54) is 4.90 Å². The first-order valence-corrected chi connectivity index (χ1v) is 7.65. The van der Waals surface area contributed by atoms with Crippen LogP contribution in [-0.2, 0) is 6.54 Å². The SMILES string of the molecule is CN(Cc1nc(-c2ccccc2)no1)C(=O)Nc1ccc(Cl)cc1. The van der Waals surface area contributed by atoms with E-state index in [4.69, 9.17) is 16.1 Å². The van der Waals surface area contributed by atoms with Crippen LogP contribution < -0.4 is 5.32 Å². The fraction of sp³-hybridized carbons (Fsp3) is 0.118. The monoisotopic (exact) mass is 342 g/mol. The van der Waals surface area contributed by atoms with Gasteiger partial charge in [0.25, 0.3) is 0 Å². The van der Waals surface area contributed by atoms with Crippen LogP contribution in [0.2, 0.25) is 5.02 Å². The Morgan fingerprint density at radius 1 is 1.17 bits per heavy atom. The summed E-state index contributed by atoms with van der Waals surface area (Å²) in [6.07, 6.45) is 0. The molecule has 1 aromatic heterocycles. The van der Waals surface area contributed by atoms with E-state index in [-0.39, 0.29) is 12.6 Å². The van der Waals surface area contributed by atoms with Crippen LogP contribution in [0, 0.1) is 0 Å². The molecule has 0 spiro atoms. The summed E-state index contributed by atoms with van der Waals surface area (Å²) in [6, 6.07) is 16.1. The van der Waals surface area contributed by atoms with Crippen molar-refractivity contribution in [2.75, 3.05) is 12.4 Å². The van der Waals surface area contributed by atoms with E-state index in [9.17, 15) is 4.79 Å². The lowest BCUT2D eigenvalue weighted by molar-refractivity contribution is 0.213. The van der Waals surface area contributed by atoms with Crippen LogP contribution in [0.15, 0.2) is 59.1 Å². The van der Waals surface area contributed by atoms with E-state index >= 15 is 0 Å². The molecule has 1 heterocycles. The zero-order valence-electron chi connectivity index (χ0n) is 12.9.